The Morgan fingerprint density at radius 2 is 1.74 bits per heavy atom. The summed E-state index contributed by atoms with van der Waals surface area (Å²) in [4.78, 5) is 17.8. The quantitative estimate of drug-likeness (QED) is 0.284. The minimum Gasteiger partial charge on any atom is -0.491 e. The lowest BCUT2D eigenvalue weighted by atomic mass is 9.99. The third-order valence-corrected chi connectivity index (χ3v) is 5.63. The van der Waals surface area contributed by atoms with Gasteiger partial charge in [-0.2, -0.15) is 4.98 Å². The van der Waals surface area contributed by atoms with Crippen LogP contribution < -0.4 is 15.2 Å². The minimum absolute atomic E-state index is 0.0742. The molecule has 5 heteroatoms. The third kappa shape index (κ3) is 5.04. The molecule has 34 heavy (non-hydrogen) atoms. The molecule has 0 fully saturated rings. The summed E-state index contributed by atoms with van der Waals surface area (Å²) in [5, 5.41) is 0.839. The Kier molecular flexibility index (Phi) is 6.82. The van der Waals surface area contributed by atoms with E-state index in [1.54, 1.807) is 4.57 Å². The fraction of sp³-hybridized carbons (Fsp3) is 0.241. The Balaban J connectivity index is 1.84. The molecule has 0 unspecified atom stereocenters. The standard InChI is InChI=1S/C29H30N2O3/c1-6-33-24-14-15-27-26(17-24)28(23-12-10-22(11-13-23)19(2)3)30-29(32)31(27)18-21-8-7-9-25(16-21)34-20(4)5/h6-17,19-20H,1,18H2,2-5H3. The average Bonchev–Trinajstić information content (AvgIpc) is 2.81. The zero-order valence-corrected chi connectivity index (χ0v) is 20.1. The molecule has 174 valence electrons. The molecule has 1 aromatic heterocycles. The van der Waals surface area contributed by atoms with Crippen LogP contribution in [0.5, 0.6) is 11.5 Å². The van der Waals surface area contributed by atoms with Crippen molar-refractivity contribution in [1.82, 2.24) is 9.55 Å². The predicted octanol–water partition coefficient (Wildman–Crippen LogP) is 6.54. The molecule has 0 saturated carbocycles. The van der Waals surface area contributed by atoms with Gasteiger partial charge in [0, 0.05) is 10.9 Å². The molecule has 0 spiro atoms. The smallest absolute Gasteiger partial charge is 0.348 e. The van der Waals surface area contributed by atoms with E-state index in [1.165, 1.54) is 11.8 Å². The van der Waals surface area contributed by atoms with Gasteiger partial charge in [0.1, 0.15) is 11.5 Å². The van der Waals surface area contributed by atoms with Crippen LogP contribution in [0.4, 0.5) is 0 Å². The Hall–Kier alpha value is -3.86. The van der Waals surface area contributed by atoms with Gasteiger partial charge >= 0.3 is 5.69 Å². The summed E-state index contributed by atoms with van der Waals surface area (Å²) in [5.41, 5.74) is 4.21. The third-order valence-electron chi connectivity index (χ3n) is 5.63. The molecule has 3 aromatic carbocycles. The molecular formula is C29H30N2O3. The Morgan fingerprint density at radius 3 is 2.41 bits per heavy atom. The van der Waals surface area contributed by atoms with Crippen molar-refractivity contribution in [3.8, 4) is 22.8 Å². The topological polar surface area (TPSA) is 53.3 Å². The van der Waals surface area contributed by atoms with Crippen molar-refractivity contribution >= 4 is 10.9 Å². The second-order valence-corrected chi connectivity index (χ2v) is 8.88. The summed E-state index contributed by atoms with van der Waals surface area (Å²) in [6, 6.07) is 21.7. The molecule has 0 N–H and O–H groups in total. The monoisotopic (exact) mass is 454 g/mol. The van der Waals surface area contributed by atoms with Crippen LogP contribution in [0.15, 0.2) is 84.4 Å². The van der Waals surface area contributed by atoms with Gasteiger partial charge < -0.3 is 9.47 Å². The lowest BCUT2D eigenvalue weighted by molar-refractivity contribution is 0.242. The van der Waals surface area contributed by atoms with E-state index in [4.69, 9.17) is 9.47 Å². The maximum Gasteiger partial charge on any atom is 0.348 e. The van der Waals surface area contributed by atoms with Gasteiger partial charge in [-0.05, 0) is 61.2 Å². The average molecular weight is 455 g/mol. The van der Waals surface area contributed by atoms with Crippen LogP contribution in [0.25, 0.3) is 22.2 Å². The van der Waals surface area contributed by atoms with Crippen molar-refractivity contribution in [2.45, 2.75) is 46.3 Å². The zero-order valence-electron chi connectivity index (χ0n) is 20.1. The number of hydrogen-bond donors (Lipinski definition) is 0. The molecular weight excluding hydrogens is 424 g/mol. The van der Waals surface area contributed by atoms with Crippen LogP contribution in [0.3, 0.4) is 0 Å². The number of ether oxygens (including phenoxy) is 2. The molecule has 0 aliphatic carbocycles. The Bertz CT molecular complexity index is 1370. The SMILES string of the molecule is C=COc1ccc2c(c1)c(-c1ccc(C(C)C)cc1)nc(=O)n2Cc1cccc(OC(C)C)c1. The predicted molar refractivity (Wildman–Crippen MR) is 138 cm³/mol. The molecule has 0 saturated heterocycles. The molecule has 0 aliphatic rings. The lowest BCUT2D eigenvalue weighted by Gasteiger charge is -2.15. The van der Waals surface area contributed by atoms with Crippen LogP contribution in [0.2, 0.25) is 0 Å². The molecule has 4 rings (SSSR count). The van der Waals surface area contributed by atoms with Crippen molar-refractivity contribution in [2.24, 2.45) is 0 Å². The minimum atomic E-state index is -0.303. The number of benzene rings is 3. The molecule has 4 aromatic rings. The maximum atomic E-state index is 13.3. The molecule has 1 heterocycles. The lowest BCUT2D eigenvalue weighted by Crippen LogP contribution is -2.24. The molecule has 5 nitrogen and oxygen atoms in total. The number of fused-ring (bicyclic) bond motifs is 1. The maximum absolute atomic E-state index is 13.3. The van der Waals surface area contributed by atoms with Crippen molar-refractivity contribution < 1.29 is 9.47 Å². The van der Waals surface area contributed by atoms with Crippen LogP contribution in [0, 0.1) is 0 Å². The summed E-state index contributed by atoms with van der Waals surface area (Å²) in [5.74, 6) is 1.85. The first-order valence-corrected chi connectivity index (χ1v) is 11.5. The molecule has 0 radical (unpaired) electrons. The number of rotatable bonds is 8. The summed E-state index contributed by atoms with van der Waals surface area (Å²) >= 11 is 0. The first-order valence-electron chi connectivity index (χ1n) is 11.5. The van der Waals surface area contributed by atoms with Crippen molar-refractivity contribution in [1.29, 1.82) is 0 Å². The molecule has 0 amide bonds. The van der Waals surface area contributed by atoms with Gasteiger partial charge in [-0.15, -0.1) is 0 Å². The number of hydrogen-bond acceptors (Lipinski definition) is 4. The van der Waals surface area contributed by atoms with E-state index in [9.17, 15) is 4.79 Å². The van der Waals surface area contributed by atoms with E-state index in [0.717, 1.165) is 27.8 Å². The highest BCUT2D eigenvalue weighted by Crippen LogP contribution is 2.30. The van der Waals surface area contributed by atoms with E-state index in [0.29, 0.717) is 23.9 Å². The van der Waals surface area contributed by atoms with Crippen molar-refractivity contribution in [3.63, 3.8) is 0 Å². The van der Waals surface area contributed by atoms with E-state index >= 15 is 0 Å². The second-order valence-electron chi connectivity index (χ2n) is 8.88. The summed E-state index contributed by atoms with van der Waals surface area (Å²) in [7, 11) is 0. The fourth-order valence-corrected chi connectivity index (χ4v) is 4.00. The number of aromatic nitrogens is 2. The van der Waals surface area contributed by atoms with E-state index in [1.807, 2.05) is 68.4 Å². The Morgan fingerprint density at radius 1 is 0.971 bits per heavy atom. The van der Waals surface area contributed by atoms with E-state index in [-0.39, 0.29) is 11.8 Å². The highest BCUT2D eigenvalue weighted by atomic mass is 16.5. The first-order chi connectivity index (χ1) is 16.4. The normalized spacial score (nSPS) is 11.2. The summed E-state index contributed by atoms with van der Waals surface area (Å²) in [6.45, 7) is 12.3. The number of nitrogens with zero attached hydrogens (tertiary/aromatic N) is 2. The van der Waals surface area contributed by atoms with Crippen LogP contribution >= 0.6 is 0 Å². The molecule has 0 aliphatic heterocycles. The van der Waals surface area contributed by atoms with Gasteiger partial charge in [-0.3, -0.25) is 4.57 Å². The van der Waals surface area contributed by atoms with E-state index < -0.39 is 0 Å². The van der Waals surface area contributed by atoms with Gasteiger partial charge in [0.15, 0.2) is 0 Å². The summed E-state index contributed by atoms with van der Waals surface area (Å²) in [6.07, 6.45) is 1.47. The van der Waals surface area contributed by atoms with Crippen molar-refractivity contribution in [3.05, 3.63) is 101 Å². The van der Waals surface area contributed by atoms with Crippen LogP contribution in [-0.4, -0.2) is 15.7 Å². The largest absolute Gasteiger partial charge is 0.491 e. The highest BCUT2D eigenvalue weighted by Gasteiger charge is 2.15. The van der Waals surface area contributed by atoms with Crippen LogP contribution in [0.1, 0.15) is 44.7 Å². The van der Waals surface area contributed by atoms with Crippen LogP contribution in [-0.2, 0) is 6.54 Å². The van der Waals surface area contributed by atoms with Gasteiger partial charge in [0.25, 0.3) is 0 Å². The first kappa shape index (κ1) is 23.3. The highest BCUT2D eigenvalue weighted by molar-refractivity contribution is 5.93. The van der Waals surface area contributed by atoms with Gasteiger partial charge in [-0.1, -0.05) is 56.8 Å². The zero-order chi connectivity index (χ0) is 24.2. The van der Waals surface area contributed by atoms with Crippen molar-refractivity contribution in [2.75, 3.05) is 0 Å². The van der Waals surface area contributed by atoms with Gasteiger partial charge in [-0.25, -0.2) is 4.79 Å². The molecule has 0 bridgehead atoms. The second kappa shape index (κ2) is 9.96. The fourth-order valence-electron chi connectivity index (χ4n) is 4.00. The van der Waals surface area contributed by atoms with Gasteiger partial charge in [0.05, 0.1) is 30.1 Å². The Labute approximate surface area is 200 Å². The van der Waals surface area contributed by atoms with Gasteiger partial charge in [0.2, 0.25) is 0 Å². The summed E-state index contributed by atoms with van der Waals surface area (Å²) < 4.78 is 13.0. The molecule has 0 atom stereocenters. The van der Waals surface area contributed by atoms with E-state index in [2.05, 4.69) is 37.5 Å².